The molecule has 0 aliphatic carbocycles. The van der Waals surface area contributed by atoms with Crippen molar-refractivity contribution in [3.8, 4) is 0 Å². The summed E-state index contributed by atoms with van der Waals surface area (Å²) in [4.78, 5) is 30.8. The molecule has 2 N–H and O–H groups in total. The van der Waals surface area contributed by atoms with Crippen LogP contribution in [0.25, 0.3) is 0 Å². The summed E-state index contributed by atoms with van der Waals surface area (Å²) in [5.74, 6) is 1.48. The van der Waals surface area contributed by atoms with Gasteiger partial charge in [0.25, 0.3) is 5.91 Å². The number of nitrogens with zero attached hydrogens (tertiary/aromatic N) is 5. The van der Waals surface area contributed by atoms with Gasteiger partial charge < -0.3 is 15.5 Å². The van der Waals surface area contributed by atoms with Crippen LogP contribution < -0.4 is 15.5 Å². The maximum atomic E-state index is 11.9. The van der Waals surface area contributed by atoms with Crippen LogP contribution in [0.3, 0.4) is 0 Å². The Hall–Kier alpha value is -2.77. The molecule has 2 aromatic rings. The van der Waals surface area contributed by atoms with Gasteiger partial charge in [0.2, 0.25) is 0 Å². The highest BCUT2D eigenvalue weighted by Gasteiger charge is 2.14. The Morgan fingerprint density at radius 2 is 1.96 bits per heavy atom. The zero-order valence-electron chi connectivity index (χ0n) is 13.7. The number of aryl methyl sites for hydroxylation is 1. The summed E-state index contributed by atoms with van der Waals surface area (Å²) in [6.07, 6.45) is 7.04. The average molecular weight is 327 g/mol. The van der Waals surface area contributed by atoms with Gasteiger partial charge in [0.05, 0.1) is 11.9 Å². The van der Waals surface area contributed by atoms with Crippen LogP contribution in [0.5, 0.6) is 0 Å². The van der Waals surface area contributed by atoms with Gasteiger partial charge in [-0.3, -0.25) is 9.78 Å². The number of aromatic nitrogens is 4. The molecule has 0 atom stereocenters. The molecule has 3 rings (SSSR count). The average Bonchev–Trinajstić information content (AvgIpc) is 3.14. The molecular weight excluding hydrogens is 306 g/mol. The molecule has 0 spiro atoms. The topological polar surface area (TPSA) is 95.9 Å². The van der Waals surface area contributed by atoms with Crippen LogP contribution in [0.15, 0.2) is 24.8 Å². The van der Waals surface area contributed by atoms with E-state index in [0.29, 0.717) is 18.8 Å². The molecule has 8 heteroatoms. The number of rotatable bonds is 6. The molecule has 0 radical (unpaired) electrons. The summed E-state index contributed by atoms with van der Waals surface area (Å²) in [5, 5.41) is 6.00. The maximum absolute atomic E-state index is 11.9. The molecule has 3 heterocycles. The molecular formula is C16H21N7O. The number of nitrogens with one attached hydrogen (secondary N) is 2. The Morgan fingerprint density at radius 3 is 2.71 bits per heavy atom. The zero-order valence-corrected chi connectivity index (χ0v) is 13.7. The van der Waals surface area contributed by atoms with Gasteiger partial charge in [0.1, 0.15) is 23.7 Å². The monoisotopic (exact) mass is 327 g/mol. The third-order valence-corrected chi connectivity index (χ3v) is 3.81. The van der Waals surface area contributed by atoms with Crippen LogP contribution >= 0.6 is 0 Å². The third-order valence-electron chi connectivity index (χ3n) is 3.81. The number of carbonyl (C=O) groups is 1. The van der Waals surface area contributed by atoms with Crippen molar-refractivity contribution in [1.29, 1.82) is 0 Å². The van der Waals surface area contributed by atoms with Crippen LogP contribution in [-0.4, -0.2) is 52.0 Å². The van der Waals surface area contributed by atoms with Crippen LogP contribution in [0.4, 0.5) is 11.6 Å². The first-order chi connectivity index (χ1) is 11.7. The van der Waals surface area contributed by atoms with Gasteiger partial charge in [-0.15, -0.1) is 0 Å². The maximum Gasteiger partial charge on any atom is 0.271 e. The summed E-state index contributed by atoms with van der Waals surface area (Å²) in [6, 6.07) is 1.94. The third kappa shape index (κ3) is 4.15. The van der Waals surface area contributed by atoms with E-state index < -0.39 is 0 Å². The van der Waals surface area contributed by atoms with Crippen LogP contribution in [0.2, 0.25) is 0 Å². The number of hydrogen-bond donors (Lipinski definition) is 2. The number of carbonyl (C=O) groups excluding carboxylic acids is 1. The van der Waals surface area contributed by atoms with Crippen molar-refractivity contribution in [1.82, 2.24) is 25.3 Å². The van der Waals surface area contributed by atoms with Gasteiger partial charge in [0.15, 0.2) is 0 Å². The van der Waals surface area contributed by atoms with Gasteiger partial charge in [-0.05, 0) is 19.8 Å². The molecule has 0 unspecified atom stereocenters. The minimum Gasteiger partial charge on any atom is -0.368 e. The highest BCUT2D eigenvalue weighted by Crippen LogP contribution is 2.18. The minimum absolute atomic E-state index is 0.232. The van der Waals surface area contributed by atoms with Crippen molar-refractivity contribution in [3.63, 3.8) is 0 Å². The van der Waals surface area contributed by atoms with Gasteiger partial charge >= 0.3 is 0 Å². The molecule has 0 bridgehead atoms. The Morgan fingerprint density at radius 1 is 1.12 bits per heavy atom. The Kier molecular flexibility index (Phi) is 5.15. The highest BCUT2D eigenvalue weighted by atomic mass is 16.1. The van der Waals surface area contributed by atoms with E-state index in [4.69, 9.17) is 0 Å². The molecule has 126 valence electrons. The second kappa shape index (κ2) is 7.67. The van der Waals surface area contributed by atoms with Gasteiger partial charge in [-0.25, -0.2) is 15.0 Å². The fourth-order valence-electron chi connectivity index (χ4n) is 2.53. The number of anilines is 2. The molecule has 1 aliphatic rings. The lowest BCUT2D eigenvalue weighted by Crippen LogP contribution is -2.29. The fraction of sp³-hybridized carbons (Fsp3) is 0.438. The lowest BCUT2D eigenvalue weighted by Gasteiger charge is -2.16. The van der Waals surface area contributed by atoms with Gasteiger partial charge in [-0.1, -0.05) is 0 Å². The number of amides is 1. The summed E-state index contributed by atoms with van der Waals surface area (Å²) in [6.45, 7) is 4.96. The van der Waals surface area contributed by atoms with E-state index in [2.05, 4.69) is 35.5 Å². The molecule has 1 saturated heterocycles. The Labute approximate surface area is 140 Å². The van der Waals surface area contributed by atoms with Crippen LogP contribution in [0.1, 0.15) is 29.0 Å². The second-order valence-electron chi connectivity index (χ2n) is 5.68. The van der Waals surface area contributed by atoms with Crippen LogP contribution in [-0.2, 0) is 0 Å². The smallest absolute Gasteiger partial charge is 0.271 e. The molecule has 8 nitrogen and oxygen atoms in total. The van der Waals surface area contributed by atoms with Crippen molar-refractivity contribution < 1.29 is 4.79 Å². The predicted molar refractivity (Wildman–Crippen MR) is 91.1 cm³/mol. The van der Waals surface area contributed by atoms with Crippen LogP contribution in [0, 0.1) is 6.92 Å². The van der Waals surface area contributed by atoms with Crippen molar-refractivity contribution in [2.75, 3.05) is 36.4 Å². The SMILES string of the molecule is Cc1cnc(C(=O)NCCNc2cc(N3CCCC3)ncn2)cn1. The Balaban J connectivity index is 1.45. The first kappa shape index (κ1) is 16.1. The summed E-state index contributed by atoms with van der Waals surface area (Å²) in [7, 11) is 0. The van der Waals surface area contributed by atoms with E-state index in [-0.39, 0.29) is 5.91 Å². The first-order valence-corrected chi connectivity index (χ1v) is 8.10. The van der Waals surface area contributed by atoms with Gasteiger partial charge in [0, 0.05) is 38.4 Å². The summed E-state index contributed by atoms with van der Waals surface area (Å²) in [5.41, 5.74) is 1.10. The molecule has 1 fully saturated rings. The van der Waals surface area contributed by atoms with E-state index in [1.165, 1.54) is 19.0 Å². The summed E-state index contributed by atoms with van der Waals surface area (Å²) < 4.78 is 0. The molecule has 0 saturated carbocycles. The standard InChI is InChI=1S/C16H21N7O/c1-12-9-20-13(10-19-12)16(24)18-5-4-17-14-8-15(22-11-21-14)23-6-2-3-7-23/h8-11H,2-7H2,1H3,(H,18,24)(H,17,21,22). The lowest BCUT2D eigenvalue weighted by molar-refractivity contribution is 0.0950. The van der Waals surface area contributed by atoms with Crippen molar-refractivity contribution in [2.24, 2.45) is 0 Å². The second-order valence-corrected chi connectivity index (χ2v) is 5.68. The number of hydrogen-bond acceptors (Lipinski definition) is 7. The van der Waals surface area contributed by atoms with Gasteiger partial charge in [-0.2, -0.15) is 0 Å². The highest BCUT2D eigenvalue weighted by molar-refractivity contribution is 5.91. The molecule has 2 aromatic heterocycles. The normalized spacial score (nSPS) is 13.8. The van der Waals surface area contributed by atoms with Crippen molar-refractivity contribution in [3.05, 3.63) is 36.2 Å². The largest absolute Gasteiger partial charge is 0.368 e. The quantitative estimate of drug-likeness (QED) is 0.765. The van der Waals surface area contributed by atoms with E-state index >= 15 is 0 Å². The fourth-order valence-corrected chi connectivity index (χ4v) is 2.53. The van der Waals surface area contributed by atoms with E-state index in [0.717, 1.165) is 30.4 Å². The van der Waals surface area contributed by atoms with Crippen molar-refractivity contribution in [2.45, 2.75) is 19.8 Å². The molecule has 1 amide bonds. The lowest BCUT2D eigenvalue weighted by atomic mass is 10.4. The van der Waals surface area contributed by atoms with E-state index in [1.807, 2.05) is 13.0 Å². The molecule has 24 heavy (non-hydrogen) atoms. The summed E-state index contributed by atoms with van der Waals surface area (Å²) >= 11 is 0. The predicted octanol–water partition coefficient (Wildman–Crippen LogP) is 1.02. The van der Waals surface area contributed by atoms with E-state index in [1.54, 1.807) is 12.5 Å². The molecule has 0 aromatic carbocycles. The first-order valence-electron chi connectivity index (χ1n) is 8.10. The van der Waals surface area contributed by atoms with E-state index in [9.17, 15) is 4.79 Å². The van der Waals surface area contributed by atoms with Crippen molar-refractivity contribution >= 4 is 17.5 Å². The Bertz CT molecular complexity index is 683. The minimum atomic E-state index is -0.232. The molecule has 1 aliphatic heterocycles. The zero-order chi connectivity index (χ0) is 16.8.